The van der Waals surface area contributed by atoms with E-state index in [1.807, 2.05) is 30.3 Å². The summed E-state index contributed by atoms with van der Waals surface area (Å²) in [7, 11) is 0. The van der Waals surface area contributed by atoms with Crippen molar-refractivity contribution in [2.45, 2.75) is 6.61 Å². The van der Waals surface area contributed by atoms with Crippen LogP contribution >= 0.6 is 0 Å². The van der Waals surface area contributed by atoms with Crippen molar-refractivity contribution < 1.29 is 9.13 Å². The Labute approximate surface area is 187 Å². The number of benzene rings is 4. The molecule has 0 saturated heterocycles. The zero-order chi connectivity index (χ0) is 22.8. The third kappa shape index (κ3) is 4.04. The molecule has 1 heterocycles. The first kappa shape index (κ1) is 20.4. The van der Waals surface area contributed by atoms with Crippen molar-refractivity contribution in [3.8, 4) is 5.75 Å². The summed E-state index contributed by atoms with van der Waals surface area (Å²) in [6.45, 7) is 0.218. The van der Waals surface area contributed by atoms with Crippen LogP contribution in [0.5, 0.6) is 5.75 Å². The first-order valence-corrected chi connectivity index (χ1v) is 10.3. The smallest absolute Gasteiger partial charge is 0.349 e. The van der Waals surface area contributed by atoms with Crippen LogP contribution in [-0.4, -0.2) is 15.9 Å². The second-order valence-electron chi connectivity index (χ2n) is 7.45. The first-order valence-electron chi connectivity index (χ1n) is 10.3. The molecule has 6 nitrogen and oxygen atoms in total. The molecule has 33 heavy (non-hydrogen) atoms. The maximum atomic E-state index is 13.2. The number of ether oxygens (including phenoxy) is 1. The standard InChI is InChI=1S/C26H18FN3O3/c27-19-12-9-17(10-13-19)16-33-24-14-11-18-5-1-2-6-20(18)22(24)15-28-30-25(31)21-7-3-4-8-23(21)29-26(30)32/h1-15H,16H2,(H,29,32). The quantitative estimate of drug-likeness (QED) is 0.411. The first-order chi connectivity index (χ1) is 16.1. The second kappa shape index (κ2) is 8.55. The molecule has 0 radical (unpaired) electrons. The van der Waals surface area contributed by atoms with Gasteiger partial charge in [0.15, 0.2) is 0 Å². The van der Waals surface area contributed by atoms with Crippen molar-refractivity contribution in [1.82, 2.24) is 9.66 Å². The highest BCUT2D eigenvalue weighted by Gasteiger charge is 2.10. The maximum Gasteiger partial charge on any atom is 0.349 e. The van der Waals surface area contributed by atoms with Gasteiger partial charge in [-0.15, -0.1) is 4.68 Å². The fraction of sp³-hybridized carbons (Fsp3) is 0.0385. The number of para-hydroxylation sites is 1. The largest absolute Gasteiger partial charge is 0.488 e. The Bertz CT molecular complexity index is 1620. The van der Waals surface area contributed by atoms with Gasteiger partial charge in [0, 0.05) is 5.56 Å². The van der Waals surface area contributed by atoms with Gasteiger partial charge in [0.1, 0.15) is 18.2 Å². The van der Waals surface area contributed by atoms with Crippen LogP contribution < -0.4 is 16.0 Å². The number of rotatable bonds is 5. The van der Waals surface area contributed by atoms with E-state index in [4.69, 9.17) is 4.74 Å². The van der Waals surface area contributed by atoms with E-state index in [2.05, 4.69) is 10.1 Å². The highest BCUT2D eigenvalue weighted by Crippen LogP contribution is 2.27. The molecule has 0 fully saturated rings. The van der Waals surface area contributed by atoms with E-state index in [9.17, 15) is 14.0 Å². The summed E-state index contributed by atoms with van der Waals surface area (Å²) in [6, 6.07) is 24.2. The van der Waals surface area contributed by atoms with E-state index in [1.165, 1.54) is 18.3 Å². The number of nitrogens with zero attached hydrogens (tertiary/aromatic N) is 2. The van der Waals surface area contributed by atoms with Crippen molar-refractivity contribution in [3.05, 3.63) is 123 Å². The normalized spacial score (nSPS) is 11.4. The summed E-state index contributed by atoms with van der Waals surface area (Å²) in [4.78, 5) is 28.0. The summed E-state index contributed by atoms with van der Waals surface area (Å²) < 4.78 is 20.0. The minimum atomic E-state index is -0.635. The highest BCUT2D eigenvalue weighted by molar-refractivity contribution is 6.02. The van der Waals surface area contributed by atoms with Gasteiger partial charge in [-0.3, -0.25) is 4.79 Å². The molecule has 0 aliphatic carbocycles. The fourth-order valence-electron chi connectivity index (χ4n) is 3.65. The molecule has 1 aromatic heterocycles. The van der Waals surface area contributed by atoms with E-state index in [1.54, 1.807) is 42.5 Å². The minimum absolute atomic E-state index is 0.218. The topological polar surface area (TPSA) is 76.5 Å². The van der Waals surface area contributed by atoms with Gasteiger partial charge in [0.05, 0.1) is 17.1 Å². The molecule has 0 atom stereocenters. The lowest BCUT2D eigenvalue weighted by molar-refractivity contribution is 0.306. The lowest BCUT2D eigenvalue weighted by Gasteiger charge is -2.12. The Morgan fingerprint density at radius 1 is 0.879 bits per heavy atom. The van der Waals surface area contributed by atoms with Crippen LogP contribution in [0.4, 0.5) is 4.39 Å². The van der Waals surface area contributed by atoms with E-state index in [0.717, 1.165) is 21.0 Å². The molecule has 0 amide bonds. The van der Waals surface area contributed by atoms with Gasteiger partial charge in [-0.1, -0.05) is 54.6 Å². The number of fused-ring (bicyclic) bond motifs is 2. The Balaban J connectivity index is 1.58. The zero-order valence-electron chi connectivity index (χ0n) is 17.4. The molecule has 1 N–H and O–H groups in total. The van der Waals surface area contributed by atoms with Gasteiger partial charge in [-0.05, 0) is 46.7 Å². The number of halogens is 1. The number of hydrogen-bond donors (Lipinski definition) is 1. The maximum absolute atomic E-state index is 13.2. The van der Waals surface area contributed by atoms with Crippen LogP contribution in [0, 0.1) is 5.82 Å². The molecule has 5 aromatic rings. The SMILES string of the molecule is O=c1[nH]c2ccccc2c(=O)n1N=Cc1c(OCc2ccc(F)cc2)ccc2ccccc12. The molecule has 4 aromatic carbocycles. The van der Waals surface area contributed by atoms with Gasteiger partial charge in [-0.2, -0.15) is 5.10 Å². The van der Waals surface area contributed by atoms with Crippen molar-refractivity contribution in [1.29, 1.82) is 0 Å². The van der Waals surface area contributed by atoms with Gasteiger partial charge >= 0.3 is 5.69 Å². The van der Waals surface area contributed by atoms with E-state index < -0.39 is 11.2 Å². The van der Waals surface area contributed by atoms with Crippen molar-refractivity contribution in [3.63, 3.8) is 0 Å². The molecule has 0 bridgehead atoms. The van der Waals surface area contributed by atoms with Crippen molar-refractivity contribution >= 4 is 27.9 Å². The van der Waals surface area contributed by atoms with E-state index in [0.29, 0.717) is 22.2 Å². The lowest BCUT2D eigenvalue weighted by atomic mass is 10.0. The Morgan fingerprint density at radius 2 is 1.61 bits per heavy atom. The van der Waals surface area contributed by atoms with Gasteiger partial charge < -0.3 is 9.72 Å². The number of nitrogens with one attached hydrogen (secondary N) is 1. The third-order valence-corrected chi connectivity index (χ3v) is 5.32. The Kier molecular flexibility index (Phi) is 5.28. The summed E-state index contributed by atoms with van der Waals surface area (Å²) >= 11 is 0. The van der Waals surface area contributed by atoms with Crippen LogP contribution in [0.3, 0.4) is 0 Å². The average molecular weight is 439 g/mol. The molecule has 162 valence electrons. The summed E-state index contributed by atoms with van der Waals surface area (Å²) in [5.41, 5.74) is 0.723. The molecule has 0 unspecified atom stereocenters. The van der Waals surface area contributed by atoms with Crippen LogP contribution in [0.15, 0.2) is 99.6 Å². The van der Waals surface area contributed by atoms with Gasteiger partial charge in [0.25, 0.3) is 5.56 Å². The summed E-state index contributed by atoms with van der Waals surface area (Å²) in [5, 5.41) is 6.37. The van der Waals surface area contributed by atoms with Crippen LogP contribution in [0.1, 0.15) is 11.1 Å². The van der Waals surface area contributed by atoms with Gasteiger partial charge in [0.2, 0.25) is 0 Å². The van der Waals surface area contributed by atoms with Crippen LogP contribution in [-0.2, 0) is 6.61 Å². The molecule has 0 saturated carbocycles. The molecule has 0 aliphatic heterocycles. The number of aromatic amines is 1. The monoisotopic (exact) mass is 439 g/mol. The van der Waals surface area contributed by atoms with Crippen molar-refractivity contribution in [2.75, 3.05) is 0 Å². The number of hydrogen-bond acceptors (Lipinski definition) is 4. The van der Waals surface area contributed by atoms with Crippen LogP contribution in [0.25, 0.3) is 21.7 Å². The van der Waals surface area contributed by atoms with Crippen molar-refractivity contribution in [2.24, 2.45) is 5.10 Å². The minimum Gasteiger partial charge on any atom is -0.488 e. The predicted octanol–water partition coefficient (Wildman–Crippen LogP) is 4.44. The predicted molar refractivity (Wildman–Crippen MR) is 127 cm³/mol. The average Bonchev–Trinajstić information content (AvgIpc) is 2.84. The Hall–Kier alpha value is -4.52. The second-order valence-corrected chi connectivity index (χ2v) is 7.45. The number of H-pyrrole nitrogens is 1. The summed E-state index contributed by atoms with van der Waals surface area (Å²) in [5.74, 6) is 0.204. The Morgan fingerprint density at radius 3 is 2.42 bits per heavy atom. The fourth-order valence-corrected chi connectivity index (χ4v) is 3.65. The zero-order valence-corrected chi connectivity index (χ0v) is 17.4. The van der Waals surface area contributed by atoms with Crippen LogP contribution in [0.2, 0.25) is 0 Å². The molecule has 0 aliphatic rings. The molecule has 0 spiro atoms. The molecular formula is C26H18FN3O3. The van der Waals surface area contributed by atoms with Gasteiger partial charge in [-0.25, -0.2) is 9.18 Å². The molecule has 7 heteroatoms. The lowest BCUT2D eigenvalue weighted by Crippen LogP contribution is -2.32. The van der Waals surface area contributed by atoms with E-state index in [-0.39, 0.29) is 12.4 Å². The van der Waals surface area contributed by atoms with E-state index >= 15 is 0 Å². The number of aromatic nitrogens is 2. The molecular weight excluding hydrogens is 421 g/mol. The highest BCUT2D eigenvalue weighted by atomic mass is 19.1. The molecule has 5 rings (SSSR count). The third-order valence-electron chi connectivity index (χ3n) is 5.32. The summed E-state index contributed by atoms with van der Waals surface area (Å²) in [6.07, 6.45) is 1.45.